The Kier molecular flexibility index (Phi) is 6.64. The van der Waals surface area contributed by atoms with Gasteiger partial charge in [0.25, 0.3) is 0 Å². The van der Waals surface area contributed by atoms with E-state index in [9.17, 15) is 4.79 Å². The summed E-state index contributed by atoms with van der Waals surface area (Å²) < 4.78 is 25.6. The van der Waals surface area contributed by atoms with Gasteiger partial charge in [0, 0.05) is 13.6 Å². The highest BCUT2D eigenvalue weighted by atomic mass is 16.7. The third-order valence-corrected chi connectivity index (χ3v) is 5.24. The second-order valence-electron chi connectivity index (χ2n) is 9.56. The SMILES string of the molecule is CCN(C[C@H](C)Oc1c(B2OC(C)(C)C(C)(C)O2)cnn1C)C(=O)OC(C)(C)C. The molecule has 0 radical (unpaired) electrons. The standard InChI is InChI=1S/C20H36BN3O5/c1-11-24(17(25)27-18(3,4)5)13-14(2)26-16-15(12-22-23(16)10)21-28-19(6,7)20(8,9)29-21/h12,14H,11,13H2,1-10H3/t14-/m0/s1. The predicted molar refractivity (Wildman–Crippen MR) is 112 cm³/mol. The molecule has 1 aliphatic rings. The van der Waals surface area contributed by atoms with Gasteiger partial charge in [0.1, 0.15) is 11.7 Å². The van der Waals surface area contributed by atoms with E-state index in [2.05, 4.69) is 5.10 Å². The smallest absolute Gasteiger partial charge is 0.473 e. The Morgan fingerprint density at radius 2 is 1.83 bits per heavy atom. The van der Waals surface area contributed by atoms with Crippen molar-refractivity contribution in [2.75, 3.05) is 13.1 Å². The van der Waals surface area contributed by atoms with Crippen LogP contribution in [0.15, 0.2) is 6.20 Å². The second kappa shape index (κ2) is 8.18. The Hall–Kier alpha value is -1.74. The van der Waals surface area contributed by atoms with Crippen molar-refractivity contribution in [2.24, 2.45) is 7.05 Å². The number of likely N-dealkylation sites (N-methyl/N-ethyl adjacent to an activating group) is 1. The third kappa shape index (κ3) is 5.45. The highest BCUT2D eigenvalue weighted by Crippen LogP contribution is 2.37. The molecule has 29 heavy (non-hydrogen) atoms. The Morgan fingerprint density at radius 1 is 1.28 bits per heavy atom. The van der Waals surface area contributed by atoms with E-state index in [1.807, 2.05) is 69.4 Å². The van der Waals surface area contributed by atoms with Crippen molar-refractivity contribution in [3.8, 4) is 5.88 Å². The molecule has 1 fully saturated rings. The van der Waals surface area contributed by atoms with Crippen LogP contribution in [0.25, 0.3) is 0 Å². The minimum absolute atomic E-state index is 0.279. The molecule has 0 N–H and O–H groups in total. The molecule has 1 amide bonds. The third-order valence-electron chi connectivity index (χ3n) is 5.24. The lowest BCUT2D eigenvalue weighted by Crippen LogP contribution is -2.42. The first-order chi connectivity index (χ1) is 13.2. The van der Waals surface area contributed by atoms with Gasteiger partial charge in [0.05, 0.1) is 29.4 Å². The molecule has 0 bridgehead atoms. The van der Waals surface area contributed by atoms with Crippen LogP contribution in [0.3, 0.4) is 0 Å². The summed E-state index contributed by atoms with van der Waals surface area (Å²) in [7, 11) is 1.24. The van der Waals surface area contributed by atoms with Crippen molar-refractivity contribution in [3.63, 3.8) is 0 Å². The molecule has 2 rings (SSSR count). The summed E-state index contributed by atoms with van der Waals surface area (Å²) in [5, 5.41) is 4.32. The zero-order valence-electron chi connectivity index (χ0n) is 19.5. The van der Waals surface area contributed by atoms with E-state index in [-0.39, 0.29) is 12.2 Å². The summed E-state index contributed by atoms with van der Waals surface area (Å²) in [6.45, 7) is 18.3. The fraction of sp³-hybridized carbons (Fsp3) is 0.800. The Labute approximate surface area is 175 Å². The van der Waals surface area contributed by atoms with Gasteiger partial charge in [0.2, 0.25) is 5.88 Å². The maximum atomic E-state index is 12.4. The molecule has 0 aromatic carbocycles. The van der Waals surface area contributed by atoms with Crippen LogP contribution in [0.4, 0.5) is 4.79 Å². The Balaban J connectivity index is 2.11. The summed E-state index contributed by atoms with van der Waals surface area (Å²) in [5.74, 6) is 0.566. The number of carbonyl (C=O) groups excluding carboxylic acids is 1. The average Bonchev–Trinajstić information content (AvgIpc) is 3.00. The van der Waals surface area contributed by atoms with Crippen molar-refractivity contribution >= 4 is 18.7 Å². The highest BCUT2D eigenvalue weighted by molar-refractivity contribution is 6.63. The second-order valence-corrected chi connectivity index (χ2v) is 9.56. The number of hydrogen-bond donors (Lipinski definition) is 0. The minimum Gasteiger partial charge on any atom is -0.473 e. The number of aromatic nitrogens is 2. The molecule has 2 heterocycles. The van der Waals surface area contributed by atoms with E-state index in [4.69, 9.17) is 18.8 Å². The first-order valence-corrected chi connectivity index (χ1v) is 10.2. The van der Waals surface area contributed by atoms with Gasteiger partial charge >= 0.3 is 13.2 Å². The number of nitrogens with zero attached hydrogens (tertiary/aromatic N) is 3. The normalized spacial score (nSPS) is 19.2. The van der Waals surface area contributed by atoms with Crippen LogP contribution in [-0.4, -0.2) is 63.9 Å². The molecule has 8 nitrogen and oxygen atoms in total. The van der Waals surface area contributed by atoms with E-state index >= 15 is 0 Å². The lowest BCUT2D eigenvalue weighted by molar-refractivity contribution is 0.00578. The van der Waals surface area contributed by atoms with E-state index in [1.165, 1.54) is 0 Å². The number of rotatable bonds is 6. The highest BCUT2D eigenvalue weighted by Gasteiger charge is 2.53. The van der Waals surface area contributed by atoms with Crippen LogP contribution in [0.1, 0.15) is 62.3 Å². The molecule has 0 aliphatic carbocycles. The van der Waals surface area contributed by atoms with Crippen LogP contribution < -0.4 is 10.2 Å². The van der Waals surface area contributed by atoms with Gasteiger partial charge in [-0.15, -0.1) is 0 Å². The zero-order chi connectivity index (χ0) is 22.2. The Morgan fingerprint density at radius 3 is 2.31 bits per heavy atom. The van der Waals surface area contributed by atoms with Gasteiger partial charge in [0.15, 0.2) is 0 Å². The number of aryl methyl sites for hydroxylation is 1. The molecular weight excluding hydrogens is 373 g/mol. The van der Waals surface area contributed by atoms with Crippen LogP contribution >= 0.6 is 0 Å². The summed E-state index contributed by atoms with van der Waals surface area (Å²) in [6, 6.07) is 0. The molecule has 0 saturated carbocycles. The maximum absolute atomic E-state index is 12.4. The lowest BCUT2D eigenvalue weighted by atomic mass is 9.81. The van der Waals surface area contributed by atoms with Gasteiger partial charge in [-0.25, -0.2) is 9.48 Å². The molecule has 164 valence electrons. The lowest BCUT2D eigenvalue weighted by Gasteiger charge is -2.32. The molecule has 9 heteroatoms. The van der Waals surface area contributed by atoms with Crippen molar-refractivity contribution in [3.05, 3.63) is 6.20 Å². The zero-order valence-corrected chi connectivity index (χ0v) is 19.5. The summed E-state index contributed by atoms with van der Waals surface area (Å²) in [5.41, 5.74) is -0.711. The monoisotopic (exact) mass is 409 g/mol. The first kappa shape index (κ1) is 23.5. The Bertz CT molecular complexity index is 710. The molecule has 1 atom stereocenters. The number of amides is 1. The average molecular weight is 409 g/mol. The fourth-order valence-corrected chi connectivity index (χ4v) is 2.92. The van der Waals surface area contributed by atoms with Gasteiger partial charge in [-0.3, -0.25) is 0 Å². The van der Waals surface area contributed by atoms with E-state index < -0.39 is 23.9 Å². The van der Waals surface area contributed by atoms with Crippen LogP contribution in [0.5, 0.6) is 5.88 Å². The number of carbonyl (C=O) groups is 1. The summed E-state index contributed by atoms with van der Waals surface area (Å²) in [6.07, 6.45) is 1.07. The topological polar surface area (TPSA) is 75.1 Å². The molecular formula is C20H36BN3O5. The van der Waals surface area contributed by atoms with Crippen molar-refractivity contribution in [1.82, 2.24) is 14.7 Å². The molecule has 1 aromatic rings. The van der Waals surface area contributed by atoms with E-state index in [0.29, 0.717) is 19.0 Å². The van der Waals surface area contributed by atoms with Gasteiger partial charge < -0.3 is 23.7 Å². The molecule has 0 spiro atoms. The summed E-state index contributed by atoms with van der Waals surface area (Å²) in [4.78, 5) is 14.0. The van der Waals surface area contributed by atoms with Crippen LogP contribution in [0, 0.1) is 0 Å². The maximum Gasteiger partial charge on any atom is 0.502 e. The molecule has 0 unspecified atom stereocenters. The van der Waals surface area contributed by atoms with Crippen LogP contribution in [-0.2, 0) is 21.1 Å². The van der Waals surface area contributed by atoms with Gasteiger partial charge in [-0.1, -0.05) is 0 Å². The van der Waals surface area contributed by atoms with E-state index in [1.54, 1.807) is 15.8 Å². The number of hydrogen-bond acceptors (Lipinski definition) is 6. The molecule has 1 aromatic heterocycles. The quantitative estimate of drug-likeness (QED) is 0.673. The van der Waals surface area contributed by atoms with Crippen LogP contribution in [0.2, 0.25) is 0 Å². The van der Waals surface area contributed by atoms with E-state index in [0.717, 1.165) is 5.46 Å². The fourth-order valence-electron chi connectivity index (χ4n) is 2.92. The minimum atomic E-state index is -0.566. The van der Waals surface area contributed by atoms with Crippen molar-refractivity contribution in [1.29, 1.82) is 0 Å². The number of ether oxygens (including phenoxy) is 2. The van der Waals surface area contributed by atoms with Gasteiger partial charge in [-0.2, -0.15) is 5.10 Å². The first-order valence-electron chi connectivity index (χ1n) is 10.2. The van der Waals surface area contributed by atoms with Crippen molar-refractivity contribution < 1.29 is 23.6 Å². The molecule has 1 saturated heterocycles. The molecule has 1 aliphatic heterocycles. The van der Waals surface area contributed by atoms with Crippen molar-refractivity contribution in [2.45, 2.75) is 85.2 Å². The largest absolute Gasteiger partial charge is 0.502 e. The summed E-state index contributed by atoms with van der Waals surface area (Å²) >= 11 is 0. The predicted octanol–water partition coefficient (Wildman–Crippen LogP) is 2.74. The van der Waals surface area contributed by atoms with Gasteiger partial charge in [-0.05, 0) is 62.3 Å².